The Hall–Kier alpha value is -1.63. The molecule has 0 saturated heterocycles. The molecule has 2 rings (SSSR count). The van der Waals surface area contributed by atoms with Crippen molar-refractivity contribution in [2.24, 2.45) is 0 Å². The van der Waals surface area contributed by atoms with Crippen LogP contribution in [0.3, 0.4) is 0 Å². The van der Waals surface area contributed by atoms with Crippen LogP contribution in [0.15, 0.2) is 0 Å². The van der Waals surface area contributed by atoms with Crippen molar-refractivity contribution in [1.29, 1.82) is 0 Å². The van der Waals surface area contributed by atoms with E-state index in [-0.39, 0.29) is 18.1 Å². The number of rotatable bonds is 6. The first-order chi connectivity index (χ1) is 9.12. The van der Waals surface area contributed by atoms with Gasteiger partial charge in [0.1, 0.15) is 0 Å². The largest absolute Gasteiger partial charge is 0.394 e. The molecule has 1 aromatic heterocycles. The number of aromatic nitrogens is 3. The zero-order chi connectivity index (χ0) is 13.9. The predicted molar refractivity (Wildman–Crippen MR) is 75.1 cm³/mol. The van der Waals surface area contributed by atoms with Crippen LogP contribution in [0.5, 0.6) is 0 Å². The first-order valence-electron chi connectivity index (χ1n) is 6.78. The van der Waals surface area contributed by atoms with Crippen molar-refractivity contribution < 1.29 is 5.11 Å². The first kappa shape index (κ1) is 13.8. The van der Waals surface area contributed by atoms with Gasteiger partial charge in [0.15, 0.2) is 0 Å². The molecule has 106 valence electrons. The van der Waals surface area contributed by atoms with Gasteiger partial charge in [-0.3, -0.25) is 0 Å². The summed E-state index contributed by atoms with van der Waals surface area (Å²) in [5.41, 5.74) is 5.45. The van der Waals surface area contributed by atoms with Gasteiger partial charge in [0, 0.05) is 13.1 Å². The molecule has 0 unspecified atom stereocenters. The van der Waals surface area contributed by atoms with Crippen LogP contribution in [0, 0.1) is 0 Å². The molecule has 0 aromatic carbocycles. The molecular weight excluding hydrogens is 244 g/mol. The minimum atomic E-state index is -0.283. The Kier molecular flexibility index (Phi) is 4.04. The van der Waals surface area contributed by atoms with Gasteiger partial charge in [0.25, 0.3) is 0 Å². The van der Waals surface area contributed by atoms with Gasteiger partial charge in [-0.2, -0.15) is 15.0 Å². The van der Waals surface area contributed by atoms with E-state index in [0.717, 1.165) is 32.4 Å². The summed E-state index contributed by atoms with van der Waals surface area (Å²) in [4.78, 5) is 14.7. The quantitative estimate of drug-likeness (QED) is 0.694. The molecule has 0 aliphatic heterocycles. The number of anilines is 3. The molecule has 0 atom stereocenters. The van der Waals surface area contributed by atoms with Gasteiger partial charge in [0.2, 0.25) is 17.8 Å². The third-order valence-corrected chi connectivity index (χ3v) is 3.68. The monoisotopic (exact) mass is 266 g/mol. The highest BCUT2D eigenvalue weighted by Gasteiger charge is 2.37. The predicted octanol–water partition coefficient (Wildman–Crippen LogP) is 0.627. The highest BCUT2D eigenvalue weighted by molar-refractivity contribution is 5.43. The summed E-state index contributed by atoms with van der Waals surface area (Å²) in [6, 6.07) is 0. The number of aliphatic hydroxyl groups is 1. The Morgan fingerprint density at radius 2 is 1.95 bits per heavy atom. The fourth-order valence-corrected chi connectivity index (χ4v) is 2.25. The SMILES string of the molecule is CCN(CC)c1nc(N)nc(NC2(CO)CCC2)n1. The van der Waals surface area contributed by atoms with Crippen molar-refractivity contribution in [3.63, 3.8) is 0 Å². The van der Waals surface area contributed by atoms with Gasteiger partial charge in [0.05, 0.1) is 12.1 Å². The molecule has 19 heavy (non-hydrogen) atoms. The van der Waals surface area contributed by atoms with E-state index in [1.165, 1.54) is 0 Å². The van der Waals surface area contributed by atoms with Crippen molar-refractivity contribution in [1.82, 2.24) is 15.0 Å². The number of nitrogen functional groups attached to an aromatic ring is 1. The lowest BCUT2D eigenvalue weighted by atomic mass is 9.77. The Bertz CT molecular complexity index is 425. The smallest absolute Gasteiger partial charge is 0.231 e. The maximum absolute atomic E-state index is 9.46. The van der Waals surface area contributed by atoms with Gasteiger partial charge >= 0.3 is 0 Å². The maximum atomic E-state index is 9.46. The summed E-state index contributed by atoms with van der Waals surface area (Å²) >= 11 is 0. The van der Waals surface area contributed by atoms with Crippen LogP contribution in [-0.2, 0) is 0 Å². The van der Waals surface area contributed by atoms with E-state index in [4.69, 9.17) is 5.73 Å². The van der Waals surface area contributed by atoms with Gasteiger partial charge in [-0.05, 0) is 33.1 Å². The zero-order valence-electron chi connectivity index (χ0n) is 11.6. The number of aliphatic hydroxyl groups excluding tert-OH is 1. The van der Waals surface area contributed by atoms with Crippen LogP contribution in [0.25, 0.3) is 0 Å². The molecule has 4 N–H and O–H groups in total. The zero-order valence-corrected chi connectivity index (χ0v) is 11.6. The Morgan fingerprint density at radius 1 is 1.26 bits per heavy atom. The topological polar surface area (TPSA) is 100 Å². The fraction of sp³-hybridized carbons (Fsp3) is 0.750. The lowest BCUT2D eigenvalue weighted by Crippen LogP contribution is -2.48. The molecule has 0 amide bonds. The fourth-order valence-electron chi connectivity index (χ4n) is 2.25. The third kappa shape index (κ3) is 2.86. The van der Waals surface area contributed by atoms with E-state index in [0.29, 0.717) is 11.9 Å². The maximum Gasteiger partial charge on any atom is 0.231 e. The molecule has 0 spiro atoms. The third-order valence-electron chi connectivity index (χ3n) is 3.68. The molecule has 1 heterocycles. The summed E-state index contributed by atoms with van der Waals surface area (Å²) in [6.07, 6.45) is 2.96. The van der Waals surface area contributed by atoms with E-state index < -0.39 is 0 Å². The van der Waals surface area contributed by atoms with Crippen LogP contribution < -0.4 is 16.0 Å². The summed E-state index contributed by atoms with van der Waals surface area (Å²) in [7, 11) is 0. The molecule has 0 bridgehead atoms. The summed E-state index contributed by atoms with van der Waals surface area (Å²) in [5.74, 6) is 1.22. The van der Waals surface area contributed by atoms with Gasteiger partial charge in [-0.15, -0.1) is 0 Å². The van der Waals surface area contributed by atoms with Crippen LogP contribution in [0.1, 0.15) is 33.1 Å². The molecule has 7 nitrogen and oxygen atoms in total. The second kappa shape index (κ2) is 5.56. The van der Waals surface area contributed by atoms with Crippen molar-refractivity contribution in [2.45, 2.75) is 38.6 Å². The summed E-state index contributed by atoms with van der Waals surface area (Å²) in [5, 5.41) is 12.7. The summed E-state index contributed by atoms with van der Waals surface area (Å²) < 4.78 is 0. The number of nitrogens with zero attached hydrogens (tertiary/aromatic N) is 4. The summed E-state index contributed by atoms with van der Waals surface area (Å²) in [6.45, 7) is 5.78. The van der Waals surface area contributed by atoms with Gasteiger partial charge in [-0.1, -0.05) is 0 Å². The van der Waals surface area contributed by atoms with E-state index >= 15 is 0 Å². The molecule has 0 radical (unpaired) electrons. The molecule has 7 heteroatoms. The number of hydrogen-bond donors (Lipinski definition) is 3. The minimum Gasteiger partial charge on any atom is -0.394 e. The van der Waals surface area contributed by atoms with Crippen molar-refractivity contribution in [2.75, 3.05) is 35.6 Å². The number of hydrogen-bond acceptors (Lipinski definition) is 7. The number of nitrogens with one attached hydrogen (secondary N) is 1. The normalized spacial score (nSPS) is 16.8. The van der Waals surface area contributed by atoms with Crippen LogP contribution >= 0.6 is 0 Å². The molecule has 1 aromatic rings. The average Bonchev–Trinajstić information content (AvgIpc) is 2.35. The second-order valence-electron chi connectivity index (χ2n) is 4.91. The number of nitrogens with two attached hydrogens (primary N) is 1. The van der Waals surface area contributed by atoms with Gasteiger partial charge < -0.3 is 21.1 Å². The van der Waals surface area contributed by atoms with Crippen LogP contribution in [-0.4, -0.2) is 45.3 Å². The molecule has 1 saturated carbocycles. The minimum absolute atomic E-state index is 0.0825. The lowest BCUT2D eigenvalue weighted by molar-refractivity contribution is 0.143. The second-order valence-corrected chi connectivity index (χ2v) is 4.91. The molecule has 1 fully saturated rings. The lowest BCUT2D eigenvalue weighted by Gasteiger charge is -2.40. The van der Waals surface area contributed by atoms with Crippen molar-refractivity contribution in [3.05, 3.63) is 0 Å². The van der Waals surface area contributed by atoms with E-state index in [1.807, 2.05) is 18.7 Å². The van der Waals surface area contributed by atoms with Gasteiger partial charge in [-0.25, -0.2) is 0 Å². The average molecular weight is 266 g/mol. The highest BCUT2D eigenvalue weighted by Crippen LogP contribution is 2.34. The van der Waals surface area contributed by atoms with E-state index in [9.17, 15) is 5.11 Å². The molecule has 1 aliphatic carbocycles. The Morgan fingerprint density at radius 3 is 2.42 bits per heavy atom. The van der Waals surface area contributed by atoms with Crippen LogP contribution in [0.4, 0.5) is 17.8 Å². The highest BCUT2D eigenvalue weighted by atomic mass is 16.3. The Balaban J connectivity index is 2.21. The van der Waals surface area contributed by atoms with E-state index in [2.05, 4.69) is 20.3 Å². The van der Waals surface area contributed by atoms with Crippen molar-refractivity contribution >= 4 is 17.8 Å². The van der Waals surface area contributed by atoms with E-state index in [1.54, 1.807) is 0 Å². The Labute approximate surface area is 113 Å². The molecule has 1 aliphatic rings. The van der Waals surface area contributed by atoms with Crippen molar-refractivity contribution in [3.8, 4) is 0 Å². The first-order valence-corrected chi connectivity index (χ1v) is 6.78. The van der Waals surface area contributed by atoms with Crippen LogP contribution in [0.2, 0.25) is 0 Å². The standard InChI is InChI=1S/C12H22N6O/c1-3-18(4-2)11-15-9(13)14-10(16-11)17-12(8-19)6-5-7-12/h19H,3-8H2,1-2H3,(H3,13,14,15,16,17). The molecular formula is C12H22N6O.